The Hall–Kier alpha value is -1.20. The summed E-state index contributed by atoms with van der Waals surface area (Å²) < 4.78 is 108. The summed E-state index contributed by atoms with van der Waals surface area (Å²) in [5.74, 6) is -24.5. The van der Waals surface area contributed by atoms with Gasteiger partial charge in [0.15, 0.2) is 0 Å². The van der Waals surface area contributed by atoms with E-state index in [0.717, 1.165) is 0 Å². The van der Waals surface area contributed by atoms with Crippen molar-refractivity contribution in [2.75, 3.05) is 0 Å². The largest absolute Gasteiger partial charge is 0.460 e. The molecule has 0 saturated carbocycles. The minimum Gasteiger partial charge on any atom is -0.294 e. The van der Waals surface area contributed by atoms with Crippen LogP contribution in [0.25, 0.3) is 0 Å². The molecule has 0 aliphatic carbocycles. The lowest BCUT2D eigenvalue weighted by Crippen LogP contribution is -2.63. The Bertz CT molecular complexity index is 306. The normalized spacial score (nSPS) is 14.7. The summed E-state index contributed by atoms with van der Waals surface area (Å²) in [7, 11) is 0. The first-order valence-corrected chi connectivity index (χ1v) is 3.29. The van der Waals surface area contributed by atoms with Crippen molar-refractivity contribution < 1.29 is 54.5 Å². The molecule has 1 N–H and O–H groups in total. The van der Waals surface area contributed by atoms with Gasteiger partial charge in [0.2, 0.25) is 0 Å². The summed E-state index contributed by atoms with van der Waals surface area (Å²) in [5.41, 5.74) is 0. The maximum atomic E-state index is 12.3. The van der Waals surface area contributed by atoms with E-state index in [1.54, 1.807) is 0 Å². The monoisotopic (exact) mass is 280 g/mol. The third-order valence-corrected chi connectivity index (χ3v) is 1.48. The number of hydrogen-bond acceptors (Lipinski definition) is 3. The molecule has 0 aliphatic rings. The van der Waals surface area contributed by atoms with Gasteiger partial charge in [-0.15, -0.1) is 0 Å². The SMILES string of the molecule is O=C(OO)C(F)(F)C(F)(F)C(F)(F)C(F)(F)F. The maximum Gasteiger partial charge on any atom is 0.460 e. The minimum absolute atomic E-state index is 2.04. The smallest absolute Gasteiger partial charge is 0.294 e. The molecule has 0 aromatic heterocycles. The summed E-state index contributed by atoms with van der Waals surface area (Å²) in [4.78, 5) is 11.9. The first kappa shape index (κ1) is 15.8. The number of alkyl halides is 9. The molecule has 0 atom stereocenters. The highest BCUT2D eigenvalue weighted by Gasteiger charge is 2.84. The molecule has 3 nitrogen and oxygen atoms in total. The Balaban J connectivity index is 5.63. The Labute approximate surface area is 85.7 Å². The number of carbonyl (C=O) groups excluding carboxylic acids is 1. The molecule has 12 heteroatoms. The van der Waals surface area contributed by atoms with Crippen molar-refractivity contribution in [1.29, 1.82) is 0 Å². The Morgan fingerprint density at radius 3 is 1.41 bits per heavy atom. The van der Waals surface area contributed by atoms with Crippen LogP contribution in [-0.4, -0.2) is 35.2 Å². The zero-order valence-electron chi connectivity index (χ0n) is 7.17. The topological polar surface area (TPSA) is 46.5 Å². The number of halogens is 9. The summed E-state index contributed by atoms with van der Waals surface area (Å²) in [6.45, 7) is 0. The summed E-state index contributed by atoms with van der Waals surface area (Å²) in [6, 6.07) is 0. The molecule has 0 bridgehead atoms. The van der Waals surface area contributed by atoms with E-state index in [4.69, 9.17) is 5.26 Å². The Morgan fingerprint density at radius 1 is 0.824 bits per heavy atom. The van der Waals surface area contributed by atoms with Gasteiger partial charge in [-0.3, -0.25) is 4.89 Å². The van der Waals surface area contributed by atoms with Crippen molar-refractivity contribution in [2.24, 2.45) is 0 Å². The van der Waals surface area contributed by atoms with Crippen molar-refractivity contribution >= 4 is 5.97 Å². The number of rotatable bonds is 3. The molecule has 0 fully saturated rings. The molecular weight excluding hydrogens is 279 g/mol. The molecule has 0 aromatic carbocycles. The molecule has 0 saturated heterocycles. The van der Waals surface area contributed by atoms with Crippen LogP contribution in [0.3, 0.4) is 0 Å². The quantitative estimate of drug-likeness (QED) is 0.490. The van der Waals surface area contributed by atoms with Crippen LogP contribution < -0.4 is 0 Å². The average molecular weight is 280 g/mol. The first-order chi connectivity index (χ1) is 7.23. The van der Waals surface area contributed by atoms with Crippen molar-refractivity contribution in [2.45, 2.75) is 23.9 Å². The van der Waals surface area contributed by atoms with Gasteiger partial charge in [-0.1, -0.05) is 0 Å². The van der Waals surface area contributed by atoms with E-state index in [0.29, 0.717) is 0 Å². The van der Waals surface area contributed by atoms with Crippen LogP contribution in [0.2, 0.25) is 0 Å². The van der Waals surface area contributed by atoms with Gasteiger partial charge in [0, 0.05) is 0 Å². The second-order valence-corrected chi connectivity index (χ2v) is 2.60. The zero-order chi connectivity index (χ0) is 14.3. The number of carbonyl (C=O) groups is 1. The molecular formula is C5HF9O3. The van der Waals surface area contributed by atoms with Crippen LogP contribution in [0.15, 0.2) is 0 Å². The molecule has 0 heterocycles. The van der Waals surface area contributed by atoms with Crippen LogP contribution >= 0.6 is 0 Å². The molecule has 0 rings (SSSR count). The highest BCUT2D eigenvalue weighted by molar-refractivity contribution is 5.78. The van der Waals surface area contributed by atoms with Gasteiger partial charge in [-0.2, -0.15) is 44.8 Å². The Kier molecular flexibility index (Phi) is 3.65. The minimum atomic E-state index is -7.20. The predicted molar refractivity (Wildman–Crippen MR) is 29.6 cm³/mol. The third kappa shape index (κ3) is 2.12. The fourth-order valence-electron chi connectivity index (χ4n) is 0.561. The van der Waals surface area contributed by atoms with Crippen molar-refractivity contribution in [3.05, 3.63) is 0 Å². The highest BCUT2D eigenvalue weighted by atomic mass is 19.4. The van der Waals surface area contributed by atoms with Gasteiger partial charge in [-0.25, -0.2) is 4.79 Å². The van der Waals surface area contributed by atoms with Crippen molar-refractivity contribution in [3.63, 3.8) is 0 Å². The van der Waals surface area contributed by atoms with E-state index < -0.39 is 29.9 Å². The summed E-state index contributed by atoms with van der Waals surface area (Å²) in [6.07, 6.45) is -7.03. The van der Waals surface area contributed by atoms with E-state index in [1.165, 1.54) is 0 Å². The van der Waals surface area contributed by atoms with Crippen LogP contribution in [-0.2, 0) is 9.68 Å². The zero-order valence-corrected chi connectivity index (χ0v) is 7.17. The van der Waals surface area contributed by atoms with Crippen LogP contribution in [0.5, 0.6) is 0 Å². The molecule has 0 spiro atoms. The van der Waals surface area contributed by atoms with Gasteiger partial charge >= 0.3 is 29.9 Å². The third-order valence-electron chi connectivity index (χ3n) is 1.48. The van der Waals surface area contributed by atoms with E-state index in [-0.39, 0.29) is 0 Å². The predicted octanol–water partition coefficient (Wildman–Crippen LogP) is 2.47. The molecule has 0 unspecified atom stereocenters. The van der Waals surface area contributed by atoms with E-state index in [1.807, 2.05) is 4.89 Å². The standard InChI is InChI=1S/C5HF9O3/c6-2(7,1(15)17-16)3(8,9)4(10,11)5(12,13)14/h16H. The second-order valence-electron chi connectivity index (χ2n) is 2.60. The first-order valence-electron chi connectivity index (χ1n) is 3.29. The fourth-order valence-corrected chi connectivity index (χ4v) is 0.561. The number of hydrogen-bond donors (Lipinski definition) is 1. The lowest BCUT2D eigenvalue weighted by molar-refractivity contribution is -0.395. The summed E-state index contributed by atoms with van der Waals surface area (Å²) in [5, 5.41) is 7.31. The van der Waals surface area contributed by atoms with Crippen LogP contribution in [0.1, 0.15) is 0 Å². The second kappa shape index (κ2) is 3.92. The van der Waals surface area contributed by atoms with Gasteiger partial charge in [0.1, 0.15) is 0 Å². The summed E-state index contributed by atoms with van der Waals surface area (Å²) >= 11 is 0. The van der Waals surface area contributed by atoms with Gasteiger partial charge in [-0.05, 0) is 0 Å². The Morgan fingerprint density at radius 2 is 1.18 bits per heavy atom. The fraction of sp³-hybridized carbons (Fsp3) is 0.800. The van der Waals surface area contributed by atoms with Crippen LogP contribution in [0, 0.1) is 0 Å². The highest BCUT2D eigenvalue weighted by Crippen LogP contribution is 2.53. The lowest BCUT2D eigenvalue weighted by atomic mass is 10.0. The van der Waals surface area contributed by atoms with Crippen molar-refractivity contribution in [3.8, 4) is 0 Å². The molecule has 17 heavy (non-hydrogen) atoms. The van der Waals surface area contributed by atoms with Crippen molar-refractivity contribution in [1.82, 2.24) is 0 Å². The van der Waals surface area contributed by atoms with E-state index in [2.05, 4.69) is 0 Å². The molecule has 0 aliphatic heterocycles. The van der Waals surface area contributed by atoms with Gasteiger partial charge in [0.25, 0.3) is 0 Å². The van der Waals surface area contributed by atoms with E-state index in [9.17, 15) is 44.3 Å². The lowest BCUT2D eigenvalue weighted by Gasteiger charge is -2.31. The average Bonchev–Trinajstić information content (AvgIpc) is 2.13. The maximum absolute atomic E-state index is 12.3. The van der Waals surface area contributed by atoms with Gasteiger partial charge in [0.05, 0.1) is 0 Å². The molecule has 0 radical (unpaired) electrons. The molecule has 0 aromatic rings. The molecule has 0 amide bonds. The van der Waals surface area contributed by atoms with Crippen LogP contribution in [0.4, 0.5) is 39.5 Å². The van der Waals surface area contributed by atoms with E-state index >= 15 is 0 Å². The molecule has 102 valence electrons. The van der Waals surface area contributed by atoms with Gasteiger partial charge < -0.3 is 0 Å².